The lowest BCUT2D eigenvalue weighted by molar-refractivity contribution is 0.0800. The summed E-state index contributed by atoms with van der Waals surface area (Å²) >= 11 is 0. The molecule has 0 fully saturated rings. The summed E-state index contributed by atoms with van der Waals surface area (Å²) in [6.07, 6.45) is 3.54. The van der Waals surface area contributed by atoms with Crippen LogP contribution in [0.15, 0.2) is 47.7 Å². The largest absolute Gasteiger partial charge is 0.493 e. The highest BCUT2D eigenvalue weighted by Gasteiger charge is 2.14. The molecule has 3 rings (SSSR count). The van der Waals surface area contributed by atoms with E-state index in [2.05, 4.69) is 10.1 Å². The third-order valence-corrected chi connectivity index (χ3v) is 4.03. The second-order valence-corrected chi connectivity index (χ2v) is 5.65. The molecule has 0 saturated heterocycles. The highest BCUT2D eigenvalue weighted by molar-refractivity contribution is 5.95. The zero-order valence-corrected chi connectivity index (χ0v) is 15.1. The number of amides is 1. The van der Waals surface area contributed by atoms with Crippen LogP contribution in [0.3, 0.4) is 0 Å². The molecule has 2 aromatic heterocycles. The predicted molar refractivity (Wildman–Crippen MR) is 99.2 cm³/mol. The van der Waals surface area contributed by atoms with E-state index in [1.165, 1.54) is 12.1 Å². The molecule has 2 heterocycles. The summed E-state index contributed by atoms with van der Waals surface area (Å²) in [4.78, 5) is 17.1. The first kappa shape index (κ1) is 17.5. The van der Waals surface area contributed by atoms with Crippen molar-refractivity contribution in [3.05, 3.63) is 59.5 Å². The summed E-state index contributed by atoms with van der Waals surface area (Å²) in [5.41, 5.74) is 2.96. The quantitative estimate of drug-likeness (QED) is 0.523. The van der Waals surface area contributed by atoms with Crippen LogP contribution in [0.4, 0.5) is 0 Å². The Kier molecular flexibility index (Phi) is 4.88. The van der Waals surface area contributed by atoms with Crippen molar-refractivity contribution in [1.82, 2.24) is 14.4 Å². The summed E-state index contributed by atoms with van der Waals surface area (Å²) in [5, 5.41) is 5.56. The number of hydrogen-bond acceptors (Lipinski definition) is 5. The normalized spacial score (nSPS) is 11.1. The van der Waals surface area contributed by atoms with Gasteiger partial charge in [0.1, 0.15) is 5.65 Å². The van der Waals surface area contributed by atoms with E-state index >= 15 is 0 Å². The number of hydrazone groups is 1. The van der Waals surface area contributed by atoms with Gasteiger partial charge in [0.15, 0.2) is 11.5 Å². The van der Waals surface area contributed by atoms with E-state index in [0.717, 1.165) is 17.0 Å². The lowest BCUT2D eigenvalue weighted by atomic mass is 10.2. The lowest BCUT2D eigenvalue weighted by Crippen LogP contribution is -2.21. The van der Waals surface area contributed by atoms with Crippen LogP contribution >= 0.6 is 0 Å². The van der Waals surface area contributed by atoms with Gasteiger partial charge < -0.3 is 9.47 Å². The van der Waals surface area contributed by atoms with Gasteiger partial charge in [-0.2, -0.15) is 5.10 Å². The van der Waals surface area contributed by atoms with Crippen LogP contribution in [0.2, 0.25) is 0 Å². The Morgan fingerprint density at radius 2 is 1.96 bits per heavy atom. The van der Waals surface area contributed by atoms with Crippen molar-refractivity contribution < 1.29 is 14.3 Å². The predicted octanol–water partition coefficient (Wildman–Crippen LogP) is 2.77. The average Bonchev–Trinajstić information content (AvgIpc) is 2.99. The van der Waals surface area contributed by atoms with E-state index in [9.17, 15) is 4.79 Å². The lowest BCUT2D eigenvalue weighted by Gasteiger charge is -2.13. The van der Waals surface area contributed by atoms with Crippen molar-refractivity contribution >= 4 is 17.8 Å². The number of nitrogens with zero attached hydrogens (tertiary/aromatic N) is 4. The number of fused-ring (bicyclic) bond motifs is 1. The highest BCUT2D eigenvalue weighted by Crippen LogP contribution is 2.28. The summed E-state index contributed by atoms with van der Waals surface area (Å²) in [7, 11) is 4.68. The molecule has 0 unspecified atom stereocenters. The zero-order valence-electron chi connectivity index (χ0n) is 15.1. The van der Waals surface area contributed by atoms with Crippen LogP contribution in [-0.2, 0) is 0 Å². The van der Waals surface area contributed by atoms with Crippen LogP contribution in [-0.4, -0.2) is 47.8 Å². The number of methoxy groups -OCH3 is 2. The van der Waals surface area contributed by atoms with Crippen molar-refractivity contribution in [2.24, 2.45) is 5.10 Å². The van der Waals surface area contributed by atoms with E-state index in [1.807, 2.05) is 35.7 Å². The minimum Gasteiger partial charge on any atom is -0.493 e. The second kappa shape index (κ2) is 7.26. The van der Waals surface area contributed by atoms with Gasteiger partial charge in [-0.15, -0.1) is 0 Å². The maximum Gasteiger partial charge on any atom is 0.273 e. The van der Waals surface area contributed by atoms with E-state index in [1.54, 1.807) is 38.6 Å². The summed E-state index contributed by atoms with van der Waals surface area (Å²) in [5.74, 6) is 0.804. The first-order chi connectivity index (χ1) is 12.5. The molecule has 0 atom stereocenters. The molecule has 26 heavy (non-hydrogen) atoms. The highest BCUT2D eigenvalue weighted by atomic mass is 16.5. The smallest absolute Gasteiger partial charge is 0.273 e. The summed E-state index contributed by atoms with van der Waals surface area (Å²) < 4.78 is 12.4. The maximum atomic E-state index is 12.6. The number of pyridine rings is 1. The Bertz CT molecular complexity index is 978. The van der Waals surface area contributed by atoms with Crippen molar-refractivity contribution in [2.75, 3.05) is 21.3 Å². The van der Waals surface area contributed by atoms with E-state index in [0.29, 0.717) is 17.1 Å². The Labute approximate surface area is 151 Å². The number of rotatable bonds is 5. The molecule has 1 aromatic carbocycles. The molecule has 0 aliphatic rings. The Morgan fingerprint density at radius 1 is 1.19 bits per heavy atom. The number of imidazole rings is 1. The van der Waals surface area contributed by atoms with Gasteiger partial charge in [-0.1, -0.05) is 6.07 Å². The fourth-order valence-electron chi connectivity index (χ4n) is 2.64. The summed E-state index contributed by atoms with van der Waals surface area (Å²) in [6, 6.07) is 10.8. The first-order valence-electron chi connectivity index (χ1n) is 8.03. The second-order valence-electron chi connectivity index (χ2n) is 5.65. The van der Waals surface area contributed by atoms with Crippen LogP contribution in [0, 0.1) is 6.92 Å². The number of hydrogen-bond donors (Lipinski definition) is 0. The SMILES string of the molecule is COc1ccc(C(=O)N(C)/N=C/c2c(C)nc3ccccn23)cc1OC. The molecular formula is C19H20N4O3. The maximum absolute atomic E-state index is 12.6. The van der Waals surface area contributed by atoms with Gasteiger partial charge in [0, 0.05) is 18.8 Å². The number of ether oxygens (including phenoxy) is 2. The fraction of sp³-hybridized carbons (Fsp3) is 0.211. The topological polar surface area (TPSA) is 68.4 Å². The van der Waals surface area contributed by atoms with Crippen LogP contribution < -0.4 is 9.47 Å². The molecular weight excluding hydrogens is 332 g/mol. The first-order valence-corrected chi connectivity index (χ1v) is 8.03. The third kappa shape index (κ3) is 3.23. The molecule has 0 radical (unpaired) electrons. The minimum absolute atomic E-state index is 0.256. The van der Waals surface area contributed by atoms with Gasteiger partial charge in [-0.05, 0) is 37.3 Å². The molecule has 7 heteroatoms. The molecule has 134 valence electrons. The number of aryl methyl sites for hydroxylation is 1. The van der Waals surface area contributed by atoms with Gasteiger partial charge in [-0.25, -0.2) is 9.99 Å². The fourth-order valence-corrected chi connectivity index (χ4v) is 2.64. The molecule has 0 saturated carbocycles. The number of aromatic nitrogens is 2. The third-order valence-electron chi connectivity index (χ3n) is 4.03. The molecule has 3 aromatic rings. The molecule has 0 bridgehead atoms. The monoisotopic (exact) mass is 352 g/mol. The summed E-state index contributed by atoms with van der Waals surface area (Å²) in [6.45, 7) is 1.91. The molecule has 0 N–H and O–H groups in total. The van der Waals surface area contributed by atoms with Gasteiger partial charge >= 0.3 is 0 Å². The van der Waals surface area contributed by atoms with Gasteiger partial charge in [0.2, 0.25) is 0 Å². The number of carbonyl (C=O) groups excluding carboxylic acids is 1. The van der Waals surface area contributed by atoms with Crippen LogP contribution in [0.1, 0.15) is 21.7 Å². The van der Waals surface area contributed by atoms with Gasteiger partial charge in [0.05, 0.1) is 31.8 Å². The average molecular weight is 352 g/mol. The Balaban J connectivity index is 1.85. The van der Waals surface area contributed by atoms with Crippen molar-refractivity contribution in [3.63, 3.8) is 0 Å². The van der Waals surface area contributed by atoms with E-state index in [4.69, 9.17) is 9.47 Å². The van der Waals surface area contributed by atoms with Crippen molar-refractivity contribution in [2.45, 2.75) is 6.92 Å². The molecule has 7 nitrogen and oxygen atoms in total. The minimum atomic E-state index is -0.256. The van der Waals surface area contributed by atoms with Crippen LogP contribution in [0.5, 0.6) is 11.5 Å². The van der Waals surface area contributed by atoms with E-state index in [-0.39, 0.29) is 5.91 Å². The van der Waals surface area contributed by atoms with Gasteiger partial charge in [-0.3, -0.25) is 9.20 Å². The molecule has 0 spiro atoms. The number of benzene rings is 1. The standard InChI is InChI=1S/C19H20N4O3/c1-13-15(23-10-6-5-7-18(23)21-13)12-20-22(2)19(24)14-8-9-16(25-3)17(11-14)26-4/h5-12H,1-4H3/b20-12+. The Morgan fingerprint density at radius 3 is 2.69 bits per heavy atom. The van der Waals surface area contributed by atoms with Crippen molar-refractivity contribution in [1.29, 1.82) is 0 Å². The van der Waals surface area contributed by atoms with Crippen molar-refractivity contribution in [3.8, 4) is 11.5 Å². The van der Waals surface area contributed by atoms with Crippen LogP contribution in [0.25, 0.3) is 5.65 Å². The number of carbonyl (C=O) groups is 1. The van der Waals surface area contributed by atoms with E-state index < -0.39 is 0 Å². The molecule has 0 aliphatic carbocycles. The van der Waals surface area contributed by atoms with Gasteiger partial charge in [0.25, 0.3) is 5.91 Å². The molecule has 0 aliphatic heterocycles. The Hall–Kier alpha value is -3.35. The zero-order chi connectivity index (χ0) is 18.7. The molecule has 1 amide bonds.